The van der Waals surface area contributed by atoms with Gasteiger partial charge in [-0.15, -0.1) is 10.2 Å². The molecule has 0 aliphatic rings. The summed E-state index contributed by atoms with van der Waals surface area (Å²) in [4.78, 5) is 14.3. The number of carbonyl (C=O) groups is 1. The van der Waals surface area contributed by atoms with Crippen molar-refractivity contribution in [3.63, 3.8) is 0 Å². The van der Waals surface area contributed by atoms with E-state index in [9.17, 15) is 9.18 Å². The maximum atomic E-state index is 13.4. The van der Waals surface area contributed by atoms with Gasteiger partial charge in [0.25, 0.3) is 5.91 Å². The molecule has 0 atom stereocenters. The molecule has 1 heterocycles. The molecule has 0 saturated heterocycles. The molecule has 1 aromatic heterocycles. The SMILES string of the molecule is CC(C)N(Cc1nnc(-c2ccccc2Cl)o1)C(=O)c1cccc(F)c1. The molecule has 26 heavy (non-hydrogen) atoms. The van der Waals surface area contributed by atoms with Crippen LogP contribution < -0.4 is 0 Å². The zero-order chi connectivity index (χ0) is 18.7. The molecule has 3 rings (SSSR count). The van der Waals surface area contributed by atoms with Gasteiger partial charge in [-0.25, -0.2) is 4.39 Å². The Morgan fingerprint density at radius 2 is 1.96 bits per heavy atom. The monoisotopic (exact) mass is 373 g/mol. The maximum absolute atomic E-state index is 13.4. The minimum absolute atomic E-state index is 0.116. The molecular weight excluding hydrogens is 357 g/mol. The lowest BCUT2D eigenvalue weighted by Crippen LogP contribution is -2.36. The van der Waals surface area contributed by atoms with Gasteiger partial charge >= 0.3 is 0 Å². The number of nitrogens with zero attached hydrogens (tertiary/aromatic N) is 3. The zero-order valence-electron chi connectivity index (χ0n) is 14.3. The lowest BCUT2D eigenvalue weighted by molar-refractivity contribution is 0.0672. The van der Waals surface area contributed by atoms with Gasteiger partial charge in [0, 0.05) is 11.6 Å². The van der Waals surface area contributed by atoms with Crippen molar-refractivity contribution in [2.75, 3.05) is 0 Å². The van der Waals surface area contributed by atoms with Crippen LogP contribution in [0, 0.1) is 5.82 Å². The Kier molecular flexibility index (Phi) is 5.32. The highest BCUT2D eigenvalue weighted by Gasteiger charge is 2.22. The zero-order valence-corrected chi connectivity index (χ0v) is 15.1. The summed E-state index contributed by atoms with van der Waals surface area (Å²) in [5.74, 6) is -0.207. The molecule has 1 amide bonds. The Bertz CT molecular complexity index is 926. The normalized spacial score (nSPS) is 11.0. The quantitative estimate of drug-likeness (QED) is 0.656. The lowest BCUT2D eigenvalue weighted by Gasteiger charge is -2.25. The van der Waals surface area contributed by atoms with Crippen molar-refractivity contribution >= 4 is 17.5 Å². The number of aromatic nitrogens is 2. The molecule has 0 saturated carbocycles. The van der Waals surface area contributed by atoms with Crippen molar-refractivity contribution in [3.05, 3.63) is 70.8 Å². The Morgan fingerprint density at radius 1 is 1.19 bits per heavy atom. The van der Waals surface area contributed by atoms with E-state index in [2.05, 4.69) is 10.2 Å². The van der Waals surface area contributed by atoms with Gasteiger partial charge < -0.3 is 9.32 Å². The number of hydrogen-bond acceptors (Lipinski definition) is 4. The minimum Gasteiger partial charge on any atom is -0.419 e. The van der Waals surface area contributed by atoms with Gasteiger partial charge in [0.1, 0.15) is 5.82 Å². The highest BCUT2D eigenvalue weighted by atomic mass is 35.5. The van der Waals surface area contributed by atoms with Crippen molar-refractivity contribution in [1.82, 2.24) is 15.1 Å². The average Bonchev–Trinajstić information content (AvgIpc) is 3.07. The summed E-state index contributed by atoms with van der Waals surface area (Å²) in [5.41, 5.74) is 0.894. The second-order valence-electron chi connectivity index (χ2n) is 6.02. The van der Waals surface area contributed by atoms with Gasteiger partial charge in [-0.3, -0.25) is 4.79 Å². The first kappa shape index (κ1) is 18.1. The standard InChI is InChI=1S/C19H17ClFN3O2/c1-12(2)24(19(25)13-6-5-7-14(21)10-13)11-17-22-23-18(26-17)15-8-3-4-9-16(15)20/h3-10,12H,11H2,1-2H3. The fourth-order valence-corrected chi connectivity index (χ4v) is 2.70. The van der Waals surface area contributed by atoms with E-state index in [0.717, 1.165) is 0 Å². The van der Waals surface area contributed by atoms with Crippen LogP contribution in [0.1, 0.15) is 30.1 Å². The Morgan fingerprint density at radius 3 is 2.65 bits per heavy atom. The molecule has 134 valence electrons. The van der Waals surface area contributed by atoms with Crippen molar-refractivity contribution in [1.29, 1.82) is 0 Å². The summed E-state index contributed by atoms with van der Waals surface area (Å²) in [6.45, 7) is 3.84. The van der Waals surface area contributed by atoms with Crippen molar-refractivity contribution in [2.24, 2.45) is 0 Å². The molecule has 0 radical (unpaired) electrons. The molecule has 0 spiro atoms. The van der Waals surface area contributed by atoms with E-state index in [-0.39, 0.29) is 35.8 Å². The first-order valence-electron chi connectivity index (χ1n) is 8.09. The first-order valence-corrected chi connectivity index (χ1v) is 8.47. The second kappa shape index (κ2) is 7.66. The molecule has 3 aromatic rings. The largest absolute Gasteiger partial charge is 0.419 e. The molecule has 2 aromatic carbocycles. The van der Waals surface area contributed by atoms with E-state index in [4.69, 9.17) is 16.0 Å². The third-order valence-corrected chi connectivity index (χ3v) is 4.16. The van der Waals surface area contributed by atoms with E-state index in [1.54, 1.807) is 29.2 Å². The summed E-state index contributed by atoms with van der Waals surface area (Å²) in [6.07, 6.45) is 0. The van der Waals surface area contributed by atoms with Crippen LogP contribution in [0.2, 0.25) is 5.02 Å². The number of halogens is 2. The Hall–Kier alpha value is -2.73. The average molecular weight is 374 g/mol. The predicted molar refractivity (Wildman–Crippen MR) is 96.2 cm³/mol. The van der Waals surface area contributed by atoms with Crippen LogP contribution in [-0.2, 0) is 6.54 Å². The fraction of sp³-hybridized carbons (Fsp3) is 0.211. The van der Waals surface area contributed by atoms with Crippen LogP contribution >= 0.6 is 11.6 Å². The van der Waals surface area contributed by atoms with E-state index in [1.807, 2.05) is 19.9 Å². The summed E-state index contributed by atoms with van der Waals surface area (Å²) in [7, 11) is 0. The van der Waals surface area contributed by atoms with Crippen LogP contribution in [0.25, 0.3) is 11.5 Å². The van der Waals surface area contributed by atoms with E-state index >= 15 is 0 Å². The van der Waals surface area contributed by atoms with Gasteiger partial charge in [-0.05, 0) is 44.2 Å². The highest BCUT2D eigenvalue weighted by Crippen LogP contribution is 2.26. The molecule has 0 fully saturated rings. The van der Waals surface area contributed by atoms with Crippen molar-refractivity contribution in [2.45, 2.75) is 26.4 Å². The fourth-order valence-electron chi connectivity index (χ4n) is 2.48. The number of rotatable bonds is 5. The number of carbonyl (C=O) groups excluding carboxylic acids is 1. The smallest absolute Gasteiger partial charge is 0.254 e. The van der Waals surface area contributed by atoms with E-state index in [0.29, 0.717) is 10.6 Å². The van der Waals surface area contributed by atoms with Crippen LogP contribution in [-0.4, -0.2) is 27.0 Å². The maximum Gasteiger partial charge on any atom is 0.254 e. The number of benzene rings is 2. The molecule has 0 aliphatic carbocycles. The van der Waals surface area contributed by atoms with Gasteiger partial charge in [-0.2, -0.15) is 0 Å². The summed E-state index contributed by atoms with van der Waals surface area (Å²) in [5, 5.41) is 8.51. The summed E-state index contributed by atoms with van der Waals surface area (Å²) in [6, 6.07) is 12.6. The molecular formula is C19H17ClFN3O2. The number of amides is 1. The van der Waals surface area contributed by atoms with Gasteiger partial charge in [0.2, 0.25) is 11.8 Å². The summed E-state index contributed by atoms with van der Waals surface area (Å²) < 4.78 is 19.1. The number of hydrogen-bond donors (Lipinski definition) is 0. The molecule has 0 unspecified atom stereocenters. The minimum atomic E-state index is -0.460. The van der Waals surface area contributed by atoms with Gasteiger partial charge in [0.05, 0.1) is 17.1 Å². The second-order valence-corrected chi connectivity index (χ2v) is 6.43. The molecule has 0 bridgehead atoms. The van der Waals surface area contributed by atoms with Crippen LogP contribution in [0.15, 0.2) is 52.9 Å². The van der Waals surface area contributed by atoms with E-state index < -0.39 is 5.82 Å². The predicted octanol–water partition coefficient (Wildman–Crippen LogP) is 4.58. The topological polar surface area (TPSA) is 59.2 Å². The third-order valence-electron chi connectivity index (χ3n) is 3.83. The van der Waals surface area contributed by atoms with Crippen molar-refractivity contribution in [3.8, 4) is 11.5 Å². The molecule has 5 nitrogen and oxygen atoms in total. The van der Waals surface area contributed by atoms with Crippen LogP contribution in [0.4, 0.5) is 4.39 Å². The van der Waals surface area contributed by atoms with Crippen LogP contribution in [0.5, 0.6) is 0 Å². The van der Waals surface area contributed by atoms with Crippen molar-refractivity contribution < 1.29 is 13.6 Å². The molecule has 7 heteroatoms. The molecule has 0 aliphatic heterocycles. The van der Waals surface area contributed by atoms with Crippen LogP contribution in [0.3, 0.4) is 0 Å². The van der Waals surface area contributed by atoms with Gasteiger partial charge in [-0.1, -0.05) is 29.8 Å². The lowest BCUT2D eigenvalue weighted by atomic mass is 10.1. The summed E-state index contributed by atoms with van der Waals surface area (Å²) >= 11 is 6.14. The Labute approximate surface area is 155 Å². The Balaban J connectivity index is 1.83. The van der Waals surface area contributed by atoms with Gasteiger partial charge in [0.15, 0.2) is 0 Å². The third kappa shape index (κ3) is 3.91. The first-order chi connectivity index (χ1) is 12.5. The highest BCUT2D eigenvalue weighted by molar-refractivity contribution is 6.33. The molecule has 0 N–H and O–H groups in total. The van der Waals surface area contributed by atoms with E-state index in [1.165, 1.54) is 18.2 Å².